The summed E-state index contributed by atoms with van der Waals surface area (Å²) in [6.07, 6.45) is 1.98. The summed E-state index contributed by atoms with van der Waals surface area (Å²) in [5.41, 5.74) is 7.03. The van der Waals surface area contributed by atoms with Gasteiger partial charge in [-0.1, -0.05) is 6.07 Å². The number of aromatic nitrogens is 1. The molecule has 0 amide bonds. The fraction of sp³-hybridized carbons (Fsp3) is 0.643. The van der Waals surface area contributed by atoms with Crippen LogP contribution < -0.4 is 10.5 Å². The molecule has 3 atom stereocenters. The van der Waals surface area contributed by atoms with E-state index < -0.39 is 0 Å². The van der Waals surface area contributed by atoms with E-state index >= 15 is 0 Å². The molecule has 1 aromatic heterocycles. The summed E-state index contributed by atoms with van der Waals surface area (Å²) in [7, 11) is 5.04. The lowest BCUT2D eigenvalue weighted by molar-refractivity contribution is -0.00461. The van der Waals surface area contributed by atoms with Gasteiger partial charge < -0.3 is 19.9 Å². The van der Waals surface area contributed by atoms with Crippen LogP contribution >= 0.6 is 0 Å². The van der Waals surface area contributed by atoms with E-state index in [1.54, 1.807) is 21.3 Å². The average molecular weight is 281 g/mol. The molecule has 3 unspecified atom stereocenters. The molecule has 2 N–H and O–H groups in total. The fourth-order valence-electron chi connectivity index (χ4n) is 2.68. The molecule has 0 bridgehead atoms. The highest BCUT2D eigenvalue weighted by molar-refractivity contribution is 5.21. The zero-order valence-electron chi connectivity index (χ0n) is 12.3. The third kappa shape index (κ3) is 3.09. The molecule has 0 aromatic carbocycles. The quantitative estimate of drug-likeness (QED) is 0.816. The molecule has 0 spiro atoms. The monoisotopic (exact) mass is 281 g/mol. The average Bonchev–Trinajstić information content (AvgIpc) is 2.92. The minimum Gasteiger partial charge on any atom is -0.481 e. The molecular formula is C14H23N3O3. The van der Waals surface area contributed by atoms with Crippen molar-refractivity contribution in [2.75, 3.05) is 41.0 Å². The zero-order valence-corrected chi connectivity index (χ0v) is 12.3. The number of hydrogen-bond donors (Lipinski definition) is 1. The highest BCUT2D eigenvalue weighted by Crippen LogP contribution is 2.27. The number of methoxy groups -OCH3 is 3. The van der Waals surface area contributed by atoms with Gasteiger partial charge in [-0.2, -0.15) is 0 Å². The number of hydrogen-bond acceptors (Lipinski definition) is 6. The number of nitrogens with two attached hydrogens (primary N) is 1. The van der Waals surface area contributed by atoms with E-state index in [1.165, 1.54) is 0 Å². The maximum Gasteiger partial charge on any atom is 0.212 e. The fourth-order valence-corrected chi connectivity index (χ4v) is 2.68. The minimum absolute atomic E-state index is 0.0836. The SMILES string of the molecule is COc1ccc(C(CN)N2CC(OC)C(OC)C2)cn1. The van der Waals surface area contributed by atoms with E-state index in [9.17, 15) is 0 Å². The Morgan fingerprint density at radius 3 is 2.30 bits per heavy atom. The van der Waals surface area contributed by atoms with Crippen LogP contribution in [0, 0.1) is 0 Å². The Hall–Kier alpha value is -1.21. The molecule has 2 rings (SSSR count). The van der Waals surface area contributed by atoms with E-state index in [1.807, 2.05) is 18.3 Å². The molecule has 1 saturated heterocycles. The van der Waals surface area contributed by atoms with Crippen LogP contribution in [0.15, 0.2) is 18.3 Å². The van der Waals surface area contributed by atoms with Crippen molar-refractivity contribution in [1.29, 1.82) is 0 Å². The van der Waals surface area contributed by atoms with Crippen molar-refractivity contribution < 1.29 is 14.2 Å². The minimum atomic E-state index is 0.0836. The van der Waals surface area contributed by atoms with Gasteiger partial charge in [0, 0.05) is 52.2 Å². The molecule has 1 aromatic rings. The summed E-state index contributed by atoms with van der Waals surface area (Å²) in [5.74, 6) is 0.607. The number of rotatable bonds is 6. The van der Waals surface area contributed by atoms with Gasteiger partial charge in [0.1, 0.15) is 0 Å². The summed E-state index contributed by atoms with van der Waals surface area (Å²) in [6.45, 7) is 2.15. The second kappa shape index (κ2) is 6.99. The summed E-state index contributed by atoms with van der Waals surface area (Å²) in [6, 6.07) is 3.98. The highest BCUT2D eigenvalue weighted by Gasteiger charge is 2.36. The van der Waals surface area contributed by atoms with Crippen LogP contribution in [0.2, 0.25) is 0 Å². The number of nitrogens with zero attached hydrogens (tertiary/aromatic N) is 2. The van der Waals surface area contributed by atoms with Crippen LogP contribution in [0.1, 0.15) is 11.6 Å². The molecule has 20 heavy (non-hydrogen) atoms. The first-order valence-electron chi connectivity index (χ1n) is 6.73. The molecule has 6 heteroatoms. The summed E-state index contributed by atoms with van der Waals surface area (Å²) in [4.78, 5) is 6.53. The lowest BCUT2D eigenvalue weighted by Crippen LogP contribution is -2.33. The van der Waals surface area contributed by atoms with Gasteiger partial charge in [0.15, 0.2) is 0 Å². The highest BCUT2D eigenvalue weighted by atomic mass is 16.5. The molecule has 0 saturated carbocycles. The van der Waals surface area contributed by atoms with Crippen LogP contribution in [-0.4, -0.2) is 63.1 Å². The van der Waals surface area contributed by atoms with Gasteiger partial charge in [-0.05, 0) is 5.56 Å². The van der Waals surface area contributed by atoms with Crippen LogP contribution in [0.3, 0.4) is 0 Å². The maximum absolute atomic E-state index is 5.95. The molecule has 0 aliphatic carbocycles. The number of ether oxygens (including phenoxy) is 3. The Morgan fingerprint density at radius 1 is 1.25 bits per heavy atom. The van der Waals surface area contributed by atoms with Crippen LogP contribution in [-0.2, 0) is 9.47 Å². The summed E-state index contributed by atoms with van der Waals surface area (Å²) >= 11 is 0. The predicted octanol–water partition coefficient (Wildman–Crippen LogP) is 0.436. The Bertz CT molecular complexity index is 401. The zero-order chi connectivity index (χ0) is 14.5. The summed E-state index contributed by atoms with van der Waals surface area (Å²) in [5, 5.41) is 0. The van der Waals surface area contributed by atoms with Gasteiger partial charge in [-0.15, -0.1) is 0 Å². The smallest absolute Gasteiger partial charge is 0.212 e. The number of pyridine rings is 1. The summed E-state index contributed by atoms with van der Waals surface area (Å²) < 4.78 is 16.0. The molecule has 1 aliphatic heterocycles. The first-order valence-corrected chi connectivity index (χ1v) is 6.73. The van der Waals surface area contributed by atoms with E-state index in [4.69, 9.17) is 19.9 Å². The Balaban J connectivity index is 2.11. The first-order chi connectivity index (χ1) is 9.73. The van der Waals surface area contributed by atoms with E-state index in [-0.39, 0.29) is 18.2 Å². The molecule has 2 heterocycles. The van der Waals surface area contributed by atoms with Crippen molar-refractivity contribution in [3.63, 3.8) is 0 Å². The molecule has 1 aliphatic rings. The standard InChI is InChI=1S/C14H23N3O3/c1-18-12-8-17(9-13(12)19-2)11(6-15)10-4-5-14(20-3)16-7-10/h4-5,7,11-13H,6,8-9,15H2,1-3H3. The van der Waals surface area contributed by atoms with Gasteiger partial charge in [-0.25, -0.2) is 4.98 Å². The first kappa shape index (κ1) is 15.2. The lowest BCUT2D eigenvalue weighted by atomic mass is 10.1. The topological polar surface area (TPSA) is 69.8 Å². The van der Waals surface area contributed by atoms with Gasteiger partial charge in [0.2, 0.25) is 5.88 Å². The van der Waals surface area contributed by atoms with E-state index in [2.05, 4.69) is 9.88 Å². The van der Waals surface area contributed by atoms with Crippen molar-refractivity contribution >= 4 is 0 Å². The molecule has 6 nitrogen and oxygen atoms in total. The van der Waals surface area contributed by atoms with Crippen molar-refractivity contribution in [3.8, 4) is 5.88 Å². The van der Waals surface area contributed by atoms with Crippen molar-refractivity contribution in [2.24, 2.45) is 5.73 Å². The second-order valence-electron chi connectivity index (χ2n) is 4.89. The largest absolute Gasteiger partial charge is 0.481 e. The third-order valence-corrected chi connectivity index (χ3v) is 3.87. The third-order valence-electron chi connectivity index (χ3n) is 3.87. The van der Waals surface area contributed by atoms with E-state index in [0.717, 1.165) is 18.7 Å². The van der Waals surface area contributed by atoms with Crippen molar-refractivity contribution in [3.05, 3.63) is 23.9 Å². The normalized spacial score (nSPS) is 24.8. The predicted molar refractivity (Wildman–Crippen MR) is 75.8 cm³/mol. The lowest BCUT2D eigenvalue weighted by Gasteiger charge is -2.26. The van der Waals surface area contributed by atoms with Crippen molar-refractivity contribution in [2.45, 2.75) is 18.2 Å². The Labute approximate surface area is 119 Å². The van der Waals surface area contributed by atoms with Gasteiger partial charge in [0.25, 0.3) is 0 Å². The Kier molecular flexibility index (Phi) is 5.31. The molecule has 0 radical (unpaired) electrons. The van der Waals surface area contributed by atoms with Gasteiger partial charge >= 0.3 is 0 Å². The molecular weight excluding hydrogens is 258 g/mol. The maximum atomic E-state index is 5.95. The van der Waals surface area contributed by atoms with Gasteiger partial charge in [-0.3, -0.25) is 4.90 Å². The second-order valence-corrected chi connectivity index (χ2v) is 4.89. The Morgan fingerprint density at radius 2 is 1.90 bits per heavy atom. The molecule has 1 fully saturated rings. The van der Waals surface area contributed by atoms with Gasteiger partial charge in [0.05, 0.1) is 19.3 Å². The van der Waals surface area contributed by atoms with Crippen LogP contribution in [0.4, 0.5) is 0 Å². The number of likely N-dealkylation sites (tertiary alicyclic amines) is 1. The van der Waals surface area contributed by atoms with Crippen molar-refractivity contribution in [1.82, 2.24) is 9.88 Å². The van der Waals surface area contributed by atoms with Crippen LogP contribution in [0.25, 0.3) is 0 Å². The molecule has 112 valence electrons. The van der Waals surface area contributed by atoms with E-state index in [0.29, 0.717) is 12.4 Å². The van der Waals surface area contributed by atoms with Crippen LogP contribution in [0.5, 0.6) is 5.88 Å².